The molecule has 2 aromatic rings. The van der Waals surface area contributed by atoms with Gasteiger partial charge in [0, 0.05) is 28.4 Å². The van der Waals surface area contributed by atoms with Crippen molar-refractivity contribution in [3.8, 4) is 0 Å². The van der Waals surface area contributed by atoms with Crippen LogP contribution < -0.4 is 16.0 Å². The summed E-state index contributed by atoms with van der Waals surface area (Å²) in [5.74, 6) is -0.305. The molecule has 3 N–H and O–H groups in total. The van der Waals surface area contributed by atoms with E-state index < -0.39 is 0 Å². The predicted octanol–water partition coefficient (Wildman–Crippen LogP) is 3.60. The maximum atomic E-state index is 12.1. The van der Waals surface area contributed by atoms with E-state index in [0.717, 1.165) is 5.56 Å². The van der Waals surface area contributed by atoms with Crippen molar-refractivity contribution in [2.24, 2.45) is 0 Å². The van der Waals surface area contributed by atoms with Gasteiger partial charge in [0.2, 0.25) is 5.91 Å². The highest BCUT2D eigenvalue weighted by molar-refractivity contribution is 6.31. The number of benzene rings is 2. The minimum Gasteiger partial charge on any atom is -0.347 e. The average molecular weight is 374 g/mol. The summed E-state index contributed by atoms with van der Waals surface area (Å²) < 4.78 is 0. The van der Waals surface area contributed by atoms with Gasteiger partial charge in [0.25, 0.3) is 5.91 Å². The Bertz CT molecular complexity index is 767. The molecule has 0 aliphatic heterocycles. The molecule has 26 heavy (non-hydrogen) atoms. The van der Waals surface area contributed by atoms with Gasteiger partial charge in [-0.05, 0) is 56.7 Å². The first-order valence-corrected chi connectivity index (χ1v) is 8.79. The van der Waals surface area contributed by atoms with E-state index in [9.17, 15) is 9.59 Å². The summed E-state index contributed by atoms with van der Waals surface area (Å²) >= 11 is 6.08. The summed E-state index contributed by atoms with van der Waals surface area (Å²) in [6.07, 6.45) is 0. The minimum atomic E-state index is -0.294. The van der Waals surface area contributed by atoms with Gasteiger partial charge in [0.1, 0.15) is 0 Å². The van der Waals surface area contributed by atoms with E-state index in [1.165, 1.54) is 0 Å². The molecular formula is C20H24ClN3O2. The average Bonchev–Trinajstić information content (AvgIpc) is 2.55. The van der Waals surface area contributed by atoms with Crippen LogP contribution >= 0.6 is 11.6 Å². The number of rotatable bonds is 6. The van der Waals surface area contributed by atoms with Crippen LogP contribution in [0, 0.1) is 0 Å². The normalized spacial score (nSPS) is 11.1. The molecule has 0 saturated heterocycles. The first kappa shape index (κ1) is 19.9. The van der Waals surface area contributed by atoms with Crippen LogP contribution in [0.3, 0.4) is 0 Å². The van der Waals surface area contributed by atoms with Crippen LogP contribution in [0.15, 0.2) is 48.5 Å². The Morgan fingerprint density at radius 3 is 2.27 bits per heavy atom. The SMILES string of the molecule is CC(C)(C)NC(=O)c1ccc(NC(=O)CNCc2ccccc2Cl)cc1. The van der Waals surface area contributed by atoms with Crippen LogP contribution in [-0.4, -0.2) is 23.9 Å². The lowest BCUT2D eigenvalue weighted by atomic mass is 10.1. The van der Waals surface area contributed by atoms with Gasteiger partial charge < -0.3 is 16.0 Å². The summed E-state index contributed by atoms with van der Waals surface area (Å²) in [5, 5.41) is 9.42. The minimum absolute atomic E-state index is 0.142. The maximum Gasteiger partial charge on any atom is 0.251 e. The van der Waals surface area contributed by atoms with Crippen molar-refractivity contribution in [2.45, 2.75) is 32.9 Å². The molecule has 0 aromatic heterocycles. The molecule has 0 saturated carbocycles. The summed E-state index contributed by atoms with van der Waals surface area (Å²) in [6.45, 7) is 6.45. The number of amides is 2. The second-order valence-electron chi connectivity index (χ2n) is 7.02. The fourth-order valence-electron chi connectivity index (χ4n) is 2.28. The highest BCUT2D eigenvalue weighted by atomic mass is 35.5. The highest BCUT2D eigenvalue weighted by Crippen LogP contribution is 2.14. The number of carbonyl (C=O) groups excluding carboxylic acids is 2. The molecule has 0 aliphatic carbocycles. The van der Waals surface area contributed by atoms with E-state index in [1.807, 2.05) is 45.0 Å². The Morgan fingerprint density at radius 2 is 1.65 bits per heavy atom. The van der Waals surface area contributed by atoms with Gasteiger partial charge in [-0.3, -0.25) is 9.59 Å². The van der Waals surface area contributed by atoms with E-state index in [4.69, 9.17) is 11.6 Å². The molecule has 0 spiro atoms. The molecule has 0 unspecified atom stereocenters. The van der Waals surface area contributed by atoms with Gasteiger partial charge in [-0.25, -0.2) is 0 Å². The molecule has 5 nitrogen and oxygen atoms in total. The van der Waals surface area contributed by atoms with Crippen LogP contribution in [0.2, 0.25) is 5.02 Å². The molecule has 0 heterocycles. The van der Waals surface area contributed by atoms with Crippen LogP contribution in [0.4, 0.5) is 5.69 Å². The van der Waals surface area contributed by atoms with Gasteiger partial charge in [0.05, 0.1) is 6.54 Å². The molecule has 6 heteroatoms. The van der Waals surface area contributed by atoms with Crippen molar-refractivity contribution in [2.75, 3.05) is 11.9 Å². The Labute approximate surface area is 159 Å². The molecule has 0 fully saturated rings. The van der Waals surface area contributed by atoms with Crippen molar-refractivity contribution < 1.29 is 9.59 Å². The van der Waals surface area contributed by atoms with Crippen molar-refractivity contribution >= 4 is 29.1 Å². The number of nitrogens with one attached hydrogen (secondary N) is 3. The van der Waals surface area contributed by atoms with Crippen LogP contribution in [0.5, 0.6) is 0 Å². The standard InChI is InChI=1S/C20H24ClN3O2/c1-20(2,3)24-19(26)14-8-10-16(11-9-14)23-18(25)13-22-12-15-6-4-5-7-17(15)21/h4-11,22H,12-13H2,1-3H3,(H,23,25)(H,24,26). The van der Waals surface area contributed by atoms with Crippen LogP contribution in [0.25, 0.3) is 0 Å². The lowest BCUT2D eigenvalue weighted by Gasteiger charge is -2.20. The Hall–Kier alpha value is -2.37. The van der Waals surface area contributed by atoms with Crippen molar-refractivity contribution in [1.29, 1.82) is 0 Å². The van der Waals surface area contributed by atoms with Crippen molar-refractivity contribution in [3.05, 3.63) is 64.7 Å². The van der Waals surface area contributed by atoms with Crippen LogP contribution in [-0.2, 0) is 11.3 Å². The molecule has 2 aromatic carbocycles. The molecule has 0 radical (unpaired) electrons. The van der Waals surface area contributed by atoms with E-state index in [0.29, 0.717) is 22.8 Å². The topological polar surface area (TPSA) is 70.2 Å². The molecule has 2 rings (SSSR count). The summed E-state index contributed by atoms with van der Waals surface area (Å²) in [4.78, 5) is 24.1. The first-order valence-electron chi connectivity index (χ1n) is 8.41. The largest absolute Gasteiger partial charge is 0.347 e. The molecule has 0 aliphatic rings. The van der Waals surface area contributed by atoms with Gasteiger partial charge >= 0.3 is 0 Å². The zero-order valence-corrected chi connectivity index (χ0v) is 16.0. The fraction of sp³-hybridized carbons (Fsp3) is 0.300. The zero-order chi connectivity index (χ0) is 19.2. The smallest absolute Gasteiger partial charge is 0.251 e. The number of carbonyl (C=O) groups is 2. The number of anilines is 1. The lowest BCUT2D eigenvalue weighted by Crippen LogP contribution is -2.40. The molecule has 138 valence electrons. The number of halogens is 1. The molecule has 0 bridgehead atoms. The fourth-order valence-corrected chi connectivity index (χ4v) is 2.48. The predicted molar refractivity (Wildman–Crippen MR) is 105 cm³/mol. The van der Waals surface area contributed by atoms with Crippen molar-refractivity contribution in [3.63, 3.8) is 0 Å². The summed E-state index contributed by atoms with van der Waals surface area (Å²) in [6, 6.07) is 14.3. The summed E-state index contributed by atoms with van der Waals surface area (Å²) in [7, 11) is 0. The number of hydrogen-bond acceptors (Lipinski definition) is 3. The summed E-state index contributed by atoms with van der Waals surface area (Å²) in [5.41, 5.74) is 1.84. The Kier molecular flexibility index (Phi) is 6.77. The first-order chi connectivity index (χ1) is 12.2. The van der Waals surface area contributed by atoms with Gasteiger partial charge in [-0.2, -0.15) is 0 Å². The van der Waals surface area contributed by atoms with E-state index in [1.54, 1.807) is 24.3 Å². The quantitative estimate of drug-likeness (QED) is 0.724. The van der Waals surface area contributed by atoms with E-state index >= 15 is 0 Å². The van der Waals surface area contributed by atoms with E-state index in [-0.39, 0.29) is 23.9 Å². The third kappa shape index (κ3) is 6.50. The third-order valence-electron chi connectivity index (χ3n) is 3.48. The Morgan fingerprint density at radius 1 is 1.00 bits per heavy atom. The van der Waals surface area contributed by atoms with Gasteiger partial charge in [0.15, 0.2) is 0 Å². The zero-order valence-electron chi connectivity index (χ0n) is 15.2. The molecule has 0 atom stereocenters. The molecule has 2 amide bonds. The maximum absolute atomic E-state index is 12.1. The monoisotopic (exact) mass is 373 g/mol. The highest BCUT2D eigenvalue weighted by Gasteiger charge is 2.15. The van der Waals surface area contributed by atoms with Gasteiger partial charge in [-0.15, -0.1) is 0 Å². The second-order valence-corrected chi connectivity index (χ2v) is 7.43. The van der Waals surface area contributed by atoms with Gasteiger partial charge in [-0.1, -0.05) is 29.8 Å². The lowest BCUT2D eigenvalue weighted by molar-refractivity contribution is -0.115. The number of hydrogen-bond donors (Lipinski definition) is 3. The van der Waals surface area contributed by atoms with Crippen molar-refractivity contribution in [1.82, 2.24) is 10.6 Å². The third-order valence-corrected chi connectivity index (χ3v) is 3.85. The van der Waals surface area contributed by atoms with Crippen LogP contribution in [0.1, 0.15) is 36.7 Å². The molecular weight excluding hydrogens is 350 g/mol. The second kappa shape index (κ2) is 8.83. The Balaban J connectivity index is 1.82. The van der Waals surface area contributed by atoms with E-state index in [2.05, 4.69) is 16.0 Å².